The Hall–Kier alpha value is -3.20. The van der Waals surface area contributed by atoms with Crippen molar-refractivity contribution in [2.45, 2.75) is 58.1 Å². The fourth-order valence-corrected chi connectivity index (χ4v) is 5.07. The van der Waals surface area contributed by atoms with Crippen molar-refractivity contribution in [3.63, 3.8) is 0 Å². The first-order valence-corrected chi connectivity index (χ1v) is 12.9. The van der Waals surface area contributed by atoms with Crippen LogP contribution < -0.4 is 0 Å². The Morgan fingerprint density at radius 2 is 1.81 bits per heavy atom. The molecule has 5 nitrogen and oxygen atoms in total. The molecule has 1 fully saturated rings. The van der Waals surface area contributed by atoms with Crippen LogP contribution in [0.5, 0.6) is 0 Å². The molecule has 36 heavy (non-hydrogen) atoms. The Bertz CT molecular complexity index is 1190. The number of allylic oxidation sites excluding steroid dienone is 2. The van der Waals surface area contributed by atoms with Crippen molar-refractivity contribution in [1.29, 1.82) is 5.26 Å². The Kier molecular flexibility index (Phi) is 7.78. The second-order valence-corrected chi connectivity index (χ2v) is 10.5. The van der Waals surface area contributed by atoms with Crippen molar-refractivity contribution in [3.8, 4) is 6.07 Å². The zero-order chi connectivity index (χ0) is 25.8. The van der Waals surface area contributed by atoms with E-state index in [-0.39, 0.29) is 18.0 Å². The highest BCUT2D eigenvalue weighted by molar-refractivity contribution is 5.89. The van der Waals surface area contributed by atoms with Gasteiger partial charge in [-0.05, 0) is 65.7 Å². The number of likely N-dealkylation sites (tertiary alicyclic amines) is 1. The zero-order valence-electron chi connectivity index (χ0n) is 21.8. The molecule has 0 saturated carbocycles. The van der Waals surface area contributed by atoms with E-state index < -0.39 is 5.72 Å². The molecule has 5 heteroatoms. The summed E-state index contributed by atoms with van der Waals surface area (Å²) in [6.45, 7) is 10.5. The van der Waals surface area contributed by atoms with Crippen LogP contribution in [0.2, 0.25) is 0 Å². The number of carbonyl (C=O) groups is 1. The van der Waals surface area contributed by atoms with Crippen molar-refractivity contribution in [2.75, 3.05) is 26.3 Å². The second-order valence-electron chi connectivity index (χ2n) is 10.5. The number of esters is 1. The van der Waals surface area contributed by atoms with Gasteiger partial charge < -0.3 is 9.47 Å². The second kappa shape index (κ2) is 10.8. The smallest absolute Gasteiger partial charge is 0.332 e. The van der Waals surface area contributed by atoms with Crippen molar-refractivity contribution in [2.24, 2.45) is 0 Å². The largest absolute Gasteiger partial charge is 0.464 e. The molecule has 1 heterocycles. The molecule has 0 amide bonds. The molecule has 0 spiro atoms. The molecule has 1 aliphatic heterocycles. The van der Waals surface area contributed by atoms with Crippen molar-refractivity contribution < 1.29 is 14.3 Å². The molecule has 188 valence electrons. The van der Waals surface area contributed by atoms with E-state index in [2.05, 4.69) is 68.2 Å². The van der Waals surface area contributed by atoms with Gasteiger partial charge in [0.1, 0.15) is 6.61 Å². The van der Waals surface area contributed by atoms with E-state index in [0.717, 1.165) is 48.2 Å². The van der Waals surface area contributed by atoms with Crippen molar-refractivity contribution in [3.05, 3.63) is 82.9 Å². The Morgan fingerprint density at radius 3 is 2.44 bits per heavy atom. The van der Waals surface area contributed by atoms with Crippen LogP contribution in [0.25, 0.3) is 11.1 Å². The Labute approximate surface area is 215 Å². The molecule has 1 aliphatic carbocycles. The van der Waals surface area contributed by atoms with Gasteiger partial charge in [0.2, 0.25) is 0 Å². The Morgan fingerprint density at radius 1 is 1.08 bits per heavy atom. The van der Waals surface area contributed by atoms with Gasteiger partial charge in [0.15, 0.2) is 5.72 Å². The highest BCUT2D eigenvalue weighted by Crippen LogP contribution is 2.45. The van der Waals surface area contributed by atoms with Crippen molar-refractivity contribution in [1.82, 2.24) is 4.90 Å². The minimum atomic E-state index is -0.754. The first-order valence-electron chi connectivity index (χ1n) is 12.9. The normalized spacial score (nSPS) is 20.4. The number of benzene rings is 2. The lowest BCUT2D eigenvalue weighted by Crippen LogP contribution is -2.51. The standard InChI is InChI=1S/C31H36N2O3/c1-5-35-29(34)22-36-31(33-17-6-7-18-33)16-15-25(24-13-11-23(21-32)12-14-24)20-28(31)26-9-8-10-27(19-26)30(2,3)4/h8-15,19-20H,5-7,16-18,22H2,1-4H3. The maximum atomic E-state index is 12.4. The number of nitriles is 1. The summed E-state index contributed by atoms with van der Waals surface area (Å²) in [5.41, 5.74) is 5.43. The van der Waals surface area contributed by atoms with E-state index in [1.165, 1.54) is 5.56 Å². The van der Waals surface area contributed by atoms with E-state index >= 15 is 0 Å². The summed E-state index contributed by atoms with van der Waals surface area (Å²) in [6.07, 6.45) is 7.23. The SMILES string of the molecule is CCOC(=O)COC1(N2CCCC2)CC=C(c2ccc(C#N)cc2)C=C1c1cccc(C(C)(C)C)c1. The van der Waals surface area contributed by atoms with Crippen LogP contribution >= 0.6 is 0 Å². The van der Waals surface area contributed by atoms with Crippen LogP contribution in [0.1, 0.15) is 69.2 Å². The number of ether oxygens (including phenoxy) is 2. The molecular weight excluding hydrogens is 448 g/mol. The monoisotopic (exact) mass is 484 g/mol. The highest BCUT2D eigenvalue weighted by Gasteiger charge is 2.45. The van der Waals surface area contributed by atoms with E-state index in [1.807, 2.05) is 31.2 Å². The lowest BCUT2D eigenvalue weighted by Gasteiger charge is -2.45. The molecule has 2 aromatic carbocycles. The van der Waals surface area contributed by atoms with Gasteiger partial charge in [0.05, 0.1) is 18.2 Å². The molecule has 0 aromatic heterocycles. The topological polar surface area (TPSA) is 62.6 Å². The van der Waals surface area contributed by atoms with Crippen LogP contribution in [-0.4, -0.2) is 42.9 Å². The van der Waals surface area contributed by atoms with Gasteiger partial charge in [-0.1, -0.05) is 63.2 Å². The van der Waals surface area contributed by atoms with Gasteiger partial charge >= 0.3 is 5.97 Å². The minimum absolute atomic E-state index is 0.000868. The van der Waals surface area contributed by atoms with Gasteiger partial charge in [0, 0.05) is 25.1 Å². The number of carbonyl (C=O) groups excluding carboxylic acids is 1. The number of nitrogens with zero attached hydrogens (tertiary/aromatic N) is 2. The summed E-state index contributed by atoms with van der Waals surface area (Å²) in [5, 5.41) is 9.22. The summed E-state index contributed by atoms with van der Waals surface area (Å²) in [7, 11) is 0. The van der Waals surface area contributed by atoms with Gasteiger partial charge in [-0.3, -0.25) is 4.90 Å². The van der Waals surface area contributed by atoms with Gasteiger partial charge in [-0.15, -0.1) is 0 Å². The molecule has 1 saturated heterocycles. The van der Waals surface area contributed by atoms with Crippen LogP contribution in [0, 0.1) is 11.3 Å². The molecule has 4 rings (SSSR count). The van der Waals surface area contributed by atoms with E-state index in [0.29, 0.717) is 18.6 Å². The molecule has 2 aliphatic rings. The summed E-state index contributed by atoms with van der Waals surface area (Å²) in [6, 6.07) is 18.6. The number of hydrogen-bond acceptors (Lipinski definition) is 5. The average molecular weight is 485 g/mol. The van der Waals surface area contributed by atoms with E-state index in [9.17, 15) is 10.1 Å². The maximum absolute atomic E-state index is 12.4. The molecule has 0 radical (unpaired) electrons. The molecule has 1 atom stereocenters. The summed E-state index contributed by atoms with van der Waals surface area (Å²) < 4.78 is 11.8. The van der Waals surface area contributed by atoms with Crippen LogP contribution in [0.4, 0.5) is 0 Å². The third kappa shape index (κ3) is 5.46. The van der Waals surface area contributed by atoms with Crippen LogP contribution in [0.15, 0.2) is 60.7 Å². The van der Waals surface area contributed by atoms with E-state index in [1.54, 1.807) is 0 Å². The average Bonchev–Trinajstić information content (AvgIpc) is 3.43. The van der Waals surface area contributed by atoms with Crippen molar-refractivity contribution >= 4 is 17.1 Å². The first kappa shape index (κ1) is 25.9. The van der Waals surface area contributed by atoms with Gasteiger partial charge in [-0.25, -0.2) is 4.79 Å². The summed E-state index contributed by atoms with van der Waals surface area (Å²) in [5.74, 6) is -0.347. The fraction of sp³-hybridized carbons (Fsp3) is 0.419. The zero-order valence-corrected chi connectivity index (χ0v) is 21.8. The Balaban J connectivity index is 1.83. The third-order valence-corrected chi connectivity index (χ3v) is 7.06. The summed E-state index contributed by atoms with van der Waals surface area (Å²) in [4.78, 5) is 14.8. The molecular formula is C31H36N2O3. The van der Waals surface area contributed by atoms with Gasteiger partial charge in [0.25, 0.3) is 0 Å². The minimum Gasteiger partial charge on any atom is -0.464 e. The number of hydrogen-bond donors (Lipinski definition) is 0. The molecule has 2 aromatic rings. The number of rotatable bonds is 7. The molecule has 0 N–H and O–H groups in total. The van der Waals surface area contributed by atoms with E-state index in [4.69, 9.17) is 9.47 Å². The fourth-order valence-electron chi connectivity index (χ4n) is 5.07. The van der Waals surface area contributed by atoms with Crippen LogP contribution in [0.3, 0.4) is 0 Å². The first-order chi connectivity index (χ1) is 17.3. The predicted octanol–water partition coefficient (Wildman–Crippen LogP) is 6.10. The highest BCUT2D eigenvalue weighted by atomic mass is 16.6. The molecule has 0 bridgehead atoms. The predicted molar refractivity (Wildman–Crippen MR) is 143 cm³/mol. The maximum Gasteiger partial charge on any atom is 0.332 e. The van der Waals surface area contributed by atoms with Crippen LogP contribution in [-0.2, 0) is 19.7 Å². The third-order valence-electron chi connectivity index (χ3n) is 7.06. The lowest BCUT2D eigenvalue weighted by molar-refractivity contribution is -0.162. The summed E-state index contributed by atoms with van der Waals surface area (Å²) >= 11 is 0. The quantitative estimate of drug-likeness (QED) is 0.445. The molecule has 1 unspecified atom stereocenters. The lowest BCUT2D eigenvalue weighted by atomic mass is 9.80. The van der Waals surface area contributed by atoms with Gasteiger partial charge in [-0.2, -0.15) is 5.26 Å².